The van der Waals surface area contributed by atoms with Crippen LogP contribution in [-0.4, -0.2) is 17.6 Å². The Labute approximate surface area is 124 Å². The molecule has 5 nitrogen and oxygen atoms in total. The lowest BCUT2D eigenvalue weighted by Crippen LogP contribution is -2.24. The average Bonchev–Trinajstić information content (AvgIpc) is 2.79. The van der Waals surface area contributed by atoms with Crippen LogP contribution in [0.4, 0.5) is 0 Å². The van der Waals surface area contributed by atoms with Crippen molar-refractivity contribution in [2.45, 2.75) is 33.2 Å². The van der Waals surface area contributed by atoms with Crippen molar-refractivity contribution in [2.75, 3.05) is 6.54 Å². The Bertz CT molecular complexity index is 583. The minimum Gasteiger partial charge on any atom is -0.361 e. The number of aryl methyl sites for hydroxylation is 2. The second kappa shape index (κ2) is 7.04. The Kier molecular flexibility index (Phi) is 5.11. The Morgan fingerprint density at radius 3 is 2.48 bits per heavy atom. The summed E-state index contributed by atoms with van der Waals surface area (Å²) in [5.41, 5.74) is 9.44. The first-order valence-electron chi connectivity index (χ1n) is 7.06. The summed E-state index contributed by atoms with van der Waals surface area (Å²) in [6.45, 7) is 4.83. The van der Waals surface area contributed by atoms with E-state index in [2.05, 4.69) is 10.5 Å². The van der Waals surface area contributed by atoms with E-state index in [0.717, 1.165) is 23.2 Å². The van der Waals surface area contributed by atoms with Crippen LogP contribution in [0, 0.1) is 13.8 Å². The lowest BCUT2D eigenvalue weighted by molar-refractivity contribution is -0.120. The van der Waals surface area contributed by atoms with E-state index in [9.17, 15) is 4.79 Å². The zero-order chi connectivity index (χ0) is 15.2. The zero-order valence-corrected chi connectivity index (χ0v) is 12.5. The quantitative estimate of drug-likeness (QED) is 0.846. The maximum absolute atomic E-state index is 12.0. The van der Waals surface area contributed by atoms with Gasteiger partial charge in [-0.05, 0) is 37.9 Å². The van der Waals surface area contributed by atoms with Gasteiger partial charge >= 0.3 is 0 Å². The number of carbonyl (C=O) groups is 1. The van der Waals surface area contributed by atoms with Gasteiger partial charge in [-0.15, -0.1) is 0 Å². The highest BCUT2D eigenvalue weighted by molar-refractivity contribution is 5.78. The summed E-state index contributed by atoms with van der Waals surface area (Å²) in [4.78, 5) is 12.0. The van der Waals surface area contributed by atoms with E-state index in [1.165, 1.54) is 5.56 Å². The summed E-state index contributed by atoms with van der Waals surface area (Å²) in [5, 5.41) is 6.76. The molecule has 0 bridgehead atoms. The van der Waals surface area contributed by atoms with Gasteiger partial charge in [0, 0.05) is 12.1 Å². The summed E-state index contributed by atoms with van der Waals surface area (Å²) in [6, 6.07) is 8.12. The highest BCUT2D eigenvalue weighted by Crippen LogP contribution is 2.12. The number of carbonyl (C=O) groups excluding carboxylic acids is 1. The molecule has 0 aliphatic heterocycles. The van der Waals surface area contributed by atoms with Crippen molar-refractivity contribution in [3.63, 3.8) is 0 Å². The third kappa shape index (κ3) is 4.16. The first-order valence-corrected chi connectivity index (χ1v) is 7.06. The standard InChI is InChI=1S/C16H21N3O2/c1-11-15(12(2)21-19-11)9-16(20)18-10-14-5-3-13(4-6-14)7-8-17/h3-6H,7-10,17H2,1-2H3,(H,18,20). The van der Waals surface area contributed by atoms with E-state index >= 15 is 0 Å². The third-order valence-corrected chi connectivity index (χ3v) is 3.46. The molecule has 1 heterocycles. The minimum atomic E-state index is -0.0320. The average molecular weight is 287 g/mol. The Hall–Kier alpha value is -2.14. The van der Waals surface area contributed by atoms with Crippen LogP contribution in [0.15, 0.2) is 28.8 Å². The van der Waals surface area contributed by atoms with Gasteiger partial charge in [0.05, 0.1) is 12.1 Å². The predicted molar refractivity (Wildman–Crippen MR) is 80.7 cm³/mol. The van der Waals surface area contributed by atoms with Crippen LogP contribution < -0.4 is 11.1 Å². The van der Waals surface area contributed by atoms with Crippen molar-refractivity contribution in [1.29, 1.82) is 0 Å². The minimum absolute atomic E-state index is 0.0320. The van der Waals surface area contributed by atoms with Crippen molar-refractivity contribution < 1.29 is 9.32 Å². The fourth-order valence-corrected chi connectivity index (χ4v) is 2.17. The summed E-state index contributed by atoms with van der Waals surface area (Å²) in [6.07, 6.45) is 1.17. The third-order valence-electron chi connectivity index (χ3n) is 3.46. The van der Waals surface area contributed by atoms with Crippen molar-refractivity contribution >= 4 is 5.91 Å². The van der Waals surface area contributed by atoms with Crippen LogP contribution >= 0.6 is 0 Å². The van der Waals surface area contributed by atoms with Crippen molar-refractivity contribution in [3.8, 4) is 0 Å². The van der Waals surface area contributed by atoms with Crippen LogP contribution in [0.3, 0.4) is 0 Å². The number of nitrogens with one attached hydrogen (secondary N) is 1. The van der Waals surface area contributed by atoms with Crippen LogP contribution in [0.1, 0.15) is 28.1 Å². The molecule has 3 N–H and O–H groups in total. The highest BCUT2D eigenvalue weighted by Gasteiger charge is 2.13. The number of rotatable bonds is 6. The molecule has 2 aromatic rings. The monoisotopic (exact) mass is 287 g/mol. The molecule has 0 atom stereocenters. The lowest BCUT2D eigenvalue weighted by Gasteiger charge is -2.06. The molecule has 2 rings (SSSR count). The SMILES string of the molecule is Cc1noc(C)c1CC(=O)NCc1ccc(CCN)cc1. The number of hydrogen-bond donors (Lipinski definition) is 2. The smallest absolute Gasteiger partial charge is 0.224 e. The normalized spacial score (nSPS) is 10.6. The topological polar surface area (TPSA) is 81.2 Å². The van der Waals surface area contributed by atoms with Crippen molar-refractivity contribution in [3.05, 3.63) is 52.4 Å². The largest absolute Gasteiger partial charge is 0.361 e. The van der Waals surface area contributed by atoms with E-state index in [-0.39, 0.29) is 5.91 Å². The number of benzene rings is 1. The molecule has 0 fully saturated rings. The van der Waals surface area contributed by atoms with Crippen LogP contribution in [-0.2, 0) is 24.2 Å². The fourth-order valence-electron chi connectivity index (χ4n) is 2.17. The molecule has 0 radical (unpaired) electrons. The van der Waals surface area contributed by atoms with E-state index < -0.39 is 0 Å². The summed E-state index contributed by atoms with van der Waals surface area (Å²) in [5.74, 6) is 0.671. The molecular formula is C16H21N3O2. The van der Waals surface area contributed by atoms with E-state index in [1.54, 1.807) is 0 Å². The Balaban J connectivity index is 1.86. The molecule has 1 aromatic carbocycles. The number of nitrogens with two attached hydrogens (primary N) is 1. The lowest BCUT2D eigenvalue weighted by atomic mass is 10.1. The highest BCUT2D eigenvalue weighted by atomic mass is 16.5. The molecule has 1 aromatic heterocycles. The molecular weight excluding hydrogens is 266 g/mol. The van der Waals surface area contributed by atoms with Gasteiger partial charge in [0.25, 0.3) is 0 Å². The first kappa shape index (κ1) is 15.3. The van der Waals surface area contributed by atoms with Crippen LogP contribution in [0.25, 0.3) is 0 Å². The summed E-state index contributed by atoms with van der Waals surface area (Å²) >= 11 is 0. The van der Waals surface area contributed by atoms with Crippen molar-refractivity contribution in [2.24, 2.45) is 5.73 Å². The molecule has 1 amide bonds. The van der Waals surface area contributed by atoms with Gasteiger partial charge in [-0.2, -0.15) is 0 Å². The Morgan fingerprint density at radius 2 is 1.90 bits per heavy atom. The first-order chi connectivity index (χ1) is 10.1. The number of nitrogens with zero attached hydrogens (tertiary/aromatic N) is 1. The second-order valence-corrected chi connectivity index (χ2v) is 5.11. The summed E-state index contributed by atoms with van der Waals surface area (Å²) in [7, 11) is 0. The van der Waals surface area contributed by atoms with Gasteiger partial charge in [-0.1, -0.05) is 29.4 Å². The molecule has 0 unspecified atom stereocenters. The van der Waals surface area contributed by atoms with E-state index in [4.69, 9.17) is 10.3 Å². The van der Waals surface area contributed by atoms with E-state index in [1.807, 2.05) is 38.1 Å². The van der Waals surface area contributed by atoms with Gasteiger partial charge < -0.3 is 15.6 Å². The molecule has 0 saturated carbocycles. The molecule has 0 aliphatic rings. The number of aromatic nitrogens is 1. The maximum Gasteiger partial charge on any atom is 0.224 e. The molecule has 0 spiro atoms. The van der Waals surface area contributed by atoms with Crippen LogP contribution in [0.5, 0.6) is 0 Å². The molecule has 21 heavy (non-hydrogen) atoms. The predicted octanol–water partition coefficient (Wildman–Crippen LogP) is 1.65. The second-order valence-electron chi connectivity index (χ2n) is 5.11. The molecule has 112 valence electrons. The molecule has 5 heteroatoms. The van der Waals surface area contributed by atoms with E-state index in [0.29, 0.717) is 25.3 Å². The molecule has 0 saturated heterocycles. The Morgan fingerprint density at radius 1 is 1.24 bits per heavy atom. The van der Waals surface area contributed by atoms with Gasteiger partial charge in [-0.3, -0.25) is 4.79 Å². The zero-order valence-electron chi connectivity index (χ0n) is 12.5. The van der Waals surface area contributed by atoms with Gasteiger partial charge in [0.15, 0.2) is 0 Å². The van der Waals surface area contributed by atoms with Crippen LogP contribution in [0.2, 0.25) is 0 Å². The van der Waals surface area contributed by atoms with Gasteiger partial charge in [0.2, 0.25) is 5.91 Å². The summed E-state index contributed by atoms with van der Waals surface area (Å²) < 4.78 is 5.05. The molecule has 0 aliphatic carbocycles. The van der Waals surface area contributed by atoms with Crippen molar-refractivity contribution in [1.82, 2.24) is 10.5 Å². The fraction of sp³-hybridized carbons (Fsp3) is 0.375. The number of amides is 1. The number of hydrogen-bond acceptors (Lipinski definition) is 4. The van der Waals surface area contributed by atoms with Gasteiger partial charge in [0.1, 0.15) is 5.76 Å². The maximum atomic E-state index is 12.0. The van der Waals surface area contributed by atoms with Gasteiger partial charge in [-0.25, -0.2) is 0 Å².